The molecule has 0 aromatic heterocycles. The van der Waals surface area contributed by atoms with Crippen molar-refractivity contribution >= 4 is 0 Å². The molecule has 0 spiro atoms. The summed E-state index contributed by atoms with van der Waals surface area (Å²) < 4.78 is 0. The maximum Gasteiger partial charge on any atom is 0.0705 e. The normalized spacial score (nSPS) is 17.4. The lowest BCUT2D eigenvalue weighted by Gasteiger charge is -2.18. The number of hydrogen-bond donors (Lipinski definition) is 3. The molecule has 0 saturated heterocycles. The lowest BCUT2D eigenvalue weighted by Crippen LogP contribution is -2.41. The first-order chi connectivity index (χ1) is 4.57. The first-order valence-electron chi connectivity index (χ1n) is 3.71. The molecule has 0 radical (unpaired) electrons. The van der Waals surface area contributed by atoms with Crippen molar-refractivity contribution in [2.24, 2.45) is 17.4 Å². The van der Waals surface area contributed by atoms with Gasteiger partial charge in [0.05, 0.1) is 6.10 Å². The minimum absolute atomic E-state index is 0.262. The first-order valence-corrected chi connectivity index (χ1v) is 3.71. The Kier molecular flexibility index (Phi) is 4.60. The van der Waals surface area contributed by atoms with E-state index in [2.05, 4.69) is 0 Å². The molecule has 0 aliphatic heterocycles. The van der Waals surface area contributed by atoms with Crippen LogP contribution in [0, 0.1) is 5.92 Å². The van der Waals surface area contributed by atoms with Gasteiger partial charge in [0.1, 0.15) is 0 Å². The monoisotopic (exact) mass is 146 g/mol. The van der Waals surface area contributed by atoms with Crippen molar-refractivity contribution in [3.8, 4) is 0 Å². The molecular formula is C7H18N2O. The second-order valence-electron chi connectivity index (χ2n) is 3.10. The lowest BCUT2D eigenvalue weighted by molar-refractivity contribution is 0.123. The maximum atomic E-state index is 9.28. The van der Waals surface area contributed by atoms with Gasteiger partial charge in [0.2, 0.25) is 0 Å². The third-order valence-electron chi connectivity index (χ3n) is 1.48. The second kappa shape index (κ2) is 4.66. The Hall–Kier alpha value is -0.120. The summed E-state index contributed by atoms with van der Waals surface area (Å²) in [6.07, 6.45) is 0.295. The highest BCUT2D eigenvalue weighted by molar-refractivity contribution is 4.72. The molecule has 3 nitrogen and oxygen atoms in total. The molecule has 1 unspecified atom stereocenters. The van der Waals surface area contributed by atoms with E-state index in [0.29, 0.717) is 12.5 Å². The van der Waals surface area contributed by atoms with Crippen LogP contribution in [0.3, 0.4) is 0 Å². The quantitative estimate of drug-likeness (QED) is 0.509. The third kappa shape index (κ3) is 3.82. The Morgan fingerprint density at radius 2 is 1.90 bits per heavy atom. The van der Waals surface area contributed by atoms with Crippen molar-refractivity contribution in [2.75, 3.05) is 6.54 Å². The average molecular weight is 146 g/mol. The molecule has 0 aliphatic rings. The second-order valence-corrected chi connectivity index (χ2v) is 3.10. The van der Waals surface area contributed by atoms with Gasteiger partial charge in [-0.15, -0.1) is 0 Å². The number of hydrogen-bond acceptors (Lipinski definition) is 3. The largest absolute Gasteiger partial charge is 0.391 e. The van der Waals surface area contributed by atoms with E-state index >= 15 is 0 Å². The van der Waals surface area contributed by atoms with Gasteiger partial charge in [-0.05, 0) is 12.3 Å². The summed E-state index contributed by atoms with van der Waals surface area (Å²) in [5.74, 6) is 0.479. The molecule has 62 valence electrons. The van der Waals surface area contributed by atoms with Crippen LogP contribution in [0.1, 0.15) is 20.3 Å². The van der Waals surface area contributed by atoms with Crippen molar-refractivity contribution < 1.29 is 5.11 Å². The zero-order valence-corrected chi connectivity index (χ0v) is 6.75. The highest BCUT2D eigenvalue weighted by atomic mass is 16.3. The molecule has 0 bridgehead atoms. The van der Waals surface area contributed by atoms with Crippen LogP contribution in [-0.4, -0.2) is 23.8 Å². The molecule has 5 N–H and O–H groups in total. The van der Waals surface area contributed by atoms with Gasteiger partial charge in [0.15, 0.2) is 0 Å². The van der Waals surface area contributed by atoms with Crippen molar-refractivity contribution in [2.45, 2.75) is 32.4 Å². The van der Waals surface area contributed by atoms with Crippen LogP contribution in [0.5, 0.6) is 0 Å². The van der Waals surface area contributed by atoms with E-state index in [1.165, 1.54) is 0 Å². The summed E-state index contributed by atoms with van der Waals surface area (Å²) in [5, 5.41) is 9.28. The summed E-state index contributed by atoms with van der Waals surface area (Å²) in [6.45, 7) is 4.45. The van der Waals surface area contributed by atoms with E-state index in [9.17, 15) is 5.11 Å². The van der Waals surface area contributed by atoms with Crippen molar-refractivity contribution in [1.82, 2.24) is 0 Å². The fraction of sp³-hybridized carbons (Fsp3) is 1.00. The zero-order chi connectivity index (χ0) is 8.15. The van der Waals surface area contributed by atoms with E-state index in [-0.39, 0.29) is 6.04 Å². The summed E-state index contributed by atoms with van der Waals surface area (Å²) in [7, 11) is 0. The molecule has 3 heteroatoms. The minimum atomic E-state index is -0.440. The highest BCUT2D eigenvalue weighted by Gasteiger charge is 2.13. The third-order valence-corrected chi connectivity index (χ3v) is 1.48. The summed E-state index contributed by atoms with van der Waals surface area (Å²) in [4.78, 5) is 0. The molecule has 0 saturated carbocycles. The lowest BCUT2D eigenvalue weighted by atomic mass is 10.0. The van der Waals surface area contributed by atoms with E-state index < -0.39 is 6.10 Å². The van der Waals surface area contributed by atoms with Gasteiger partial charge in [-0.1, -0.05) is 13.8 Å². The molecule has 10 heavy (non-hydrogen) atoms. The summed E-state index contributed by atoms with van der Waals surface area (Å²) in [5.41, 5.74) is 10.8. The molecule has 0 amide bonds. The molecular weight excluding hydrogens is 128 g/mol. The number of rotatable bonds is 4. The number of nitrogens with two attached hydrogens (primary N) is 2. The van der Waals surface area contributed by atoms with Crippen molar-refractivity contribution in [3.63, 3.8) is 0 Å². The molecule has 2 atom stereocenters. The fourth-order valence-corrected chi connectivity index (χ4v) is 0.815. The van der Waals surface area contributed by atoms with Gasteiger partial charge in [0.25, 0.3) is 0 Å². The Bertz CT molecular complexity index is 85.7. The average Bonchev–Trinajstić information content (AvgIpc) is 1.85. The fourth-order valence-electron chi connectivity index (χ4n) is 0.815. The van der Waals surface area contributed by atoms with Crippen molar-refractivity contribution in [3.05, 3.63) is 0 Å². The topological polar surface area (TPSA) is 72.3 Å². The standard InChI is InChI=1S/C7H18N2O/c1-5(2)3-7(10)6(9)4-8/h5-7,10H,3-4,8-9H2,1-2H3/t6?,7-/m1/s1. The van der Waals surface area contributed by atoms with Crippen LogP contribution in [0.4, 0.5) is 0 Å². The van der Waals surface area contributed by atoms with E-state index in [0.717, 1.165) is 6.42 Å². The van der Waals surface area contributed by atoms with E-state index in [4.69, 9.17) is 11.5 Å². The van der Waals surface area contributed by atoms with Gasteiger partial charge in [-0.2, -0.15) is 0 Å². The van der Waals surface area contributed by atoms with Crippen molar-refractivity contribution in [1.29, 1.82) is 0 Å². The number of aliphatic hydroxyl groups excluding tert-OH is 1. The Labute approximate surface area is 62.4 Å². The Morgan fingerprint density at radius 3 is 2.20 bits per heavy atom. The molecule has 0 fully saturated rings. The Morgan fingerprint density at radius 1 is 1.40 bits per heavy atom. The predicted octanol–water partition coefficient (Wildman–Crippen LogP) is -0.321. The van der Waals surface area contributed by atoms with Crippen LogP contribution < -0.4 is 11.5 Å². The van der Waals surface area contributed by atoms with Gasteiger partial charge in [-0.3, -0.25) is 0 Å². The van der Waals surface area contributed by atoms with E-state index in [1.807, 2.05) is 13.8 Å². The Balaban J connectivity index is 3.50. The van der Waals surface area contributed by atoms with E-state index in [1.54, 1.807) is 0 Å². The van der Waals surface area contributed by atoms with Crippen LogP contribution in [0.2, 0.25) is 0 Å². The van der Waals surface area contributed by atoms with Gasteiger partial charge < -0.3 is 16.6 Å². The molecule has 0 aromatic carbocycles. The zero-order valence-electron chi connectivity index (χ0n) is 6.75. The SMILES string of the molecule is CC(C)C[C@@H](O)C(N)CN. The predicted molar refractivity (Wildman–Crippen MR) is 42.5 cm³/mol. The smallest absolute Gasteiger partial charge is 0.0705 e. The molecule has 0 heterocycles. The first kappa shape index (κ1) is 9.88. The summed E-state index contributed by atoms with van der Waals surface area (Å²) >= 11 is 0. The van der Waals surface area contributed by atoms with Crippen LogP contribution >= 0.6 is 0 Å². The molecule has 0 aliphatic carbocycles. The summed E-state index contributed by atoms with van der Waals surface area (Å²) in [6, 6.07) is -0.262. The van der Waals surface area contributed by atoms with Gasteiger partial charge in [0, 0.05) is 12.6 Å². The van der Waals surface area contributed by atoms with Crippen LogP contribution in [0.25, 0.3) is 0 Å². The van der Waals surface area contributed by atoms with Crippen LogP contribution in [0.15, 0.2) is 0 Å². The molecule has 0 rings (SSSR count). The molecule has 0 aromatic rings. The highest BCUT2D eigenvalue weighted by Crippen LogP contribution is 2.05. The van der Waals surface area contributed by atoms with Crippen LogP contribution in [-0.2, 0) is 0 Å². The van der Waals surface area contributed by atoms with Gasteiger partial charge in [-0.25, -0.2) is 0 Å². The van der Waals surface area contributed by atoms with Gasteiger partial charge >= 0.3 is 0 Å². The minimum Gasteiger partial charge on any atom is -0.391 e. The maximum absolute atomic E-state index is 9.28. The number of aliphatic hydroxyl groups is 1.